The van der Waals surface area contributed by atoms with Gasteiger partial charge in [0.15, 0.2) is 0 Å². The van der Waals surface area contributed by atoms with Gasteiger partial charge in [-0.2, -0.15) is 13.2 Å². The fraction of sp³-hybridized carbons (Fsp3) is 0.615. The van der Waals surface area contributed by atoms with Crippen LogP contribution >= 0.6 is 0 Å². The highest BCUT2D eigenvalue weighted by molar-refractivity contribution is 6.44. The van der Waals surface area contributed by atoms with Crippen LogP contribution in [0.5, 0.6) is 0 Å². The third kappa shape index (κ3) is 2.98. The van der Waals surface area contributed by atoms with Crippen LogP contribution in [0.3, 0.4) is 0 Å². The fourth-order valence-corrected chi connectivity index (χ4v) is 1.93. The predicted octanol–water partition coefficient (Wildman–Crippen LogP) is 3.27. The van der Waals surface area contributed by atoms with E-state index in [0.717, 1.165) is 12.3 Å². The van der Waals surface area contributed by atoms with E-state index in [9.17, 15) is 13.2 Å². The second-order valence-electron chi connectivity index (χ2n) is 5.93. The van der Waals surface area contributed by atoms with Crippen molar-refractivity contribution in [1.29, 1.82) is 0 Å². The number of hydrogen-bond acceptors (Lipinski definition) is 3. The first-order chi connectivity index (χ1) is 9.01. The molecule has 0 bridgehead atoms. The van der Waals surface area contributed by atoms with E-state index < -0.39 is 30.1 Å². The molecule has 1 aliphatic rings. The van der Waals surface area contributed by atoms with Crippen LogP contribution in [0.4, 0.5) is 13.2 Å². The van der Waals surface area contributed by atoms with E-state index in [1.807, 2.05) is 27.7 Å². The molecule has 1 saturated heterocycles. The quantitative estimate of drug-likeness (QED) is 0.782. The molecule has 0 saturated carbocycles. The van der Waals surface area contributed by atoms with Crippen molar-refractivity contribution in [3.05, 3.63) is 29.6 Å². The fourth-order valence-electron chi connectivity index (χ4n) is 1.93. The molecule has 110 valence electrons. The smallest absolute Gasteiger partial charge is 0.403 e. The summed E-state index contributed by atoms with van der Waals surface area (Å²) in [7, 11) is -0.496. The number of aromatic nitrogens is 1. The van der Waals surface area contributed by atoms with Gasteiger partial charge in [0, 0.05) is 18.2 Å². The monoisotopic (exact) mass is 287 g/mol. The van der Waals surface area contributed by atoms with Gasteiger partial charge < -0.3 is 9.31 Å². The summed E-state index contributed by atoms with van der Waals surface area (Å²) in [5.41, 5.74) is -1.15. The standard InChI is InChI=1S/C13H17BF3NO2/c1-11(2)12(3,4)20-14(19-11)7-10-6-5-9(8-18-10)13(15,16)17/h5-6,8H,7H2,1-4H3. The molecule has 0 N–H and O–H groups in total. The average Bonchev–Trinajstić information content (AvgIpc) is 2.46. The molecule has 0 radical (unpaired) electrons. The topological polar surface area (TPSA) is 31.4 Å². The first-order valence-corrected chi connectivity index (χ1v) is 6.39. The Balaban J connectivity index is 2.06. The highest BCUT2D eigenvalue weighted by Gasteiger charge is 2.50. The third-order valence-electron chi connectivity index (χ3n) is 3.83. The van der Waals surface area contributed by atoms with E-state index in [2.05, 4.69) is 4.98 Å². The molecule has 0 atom stereocenters. The average molecular weight is 287 g/mol. The van der Waals surface area contributed by atoms with Crippen molar-refractivity contribution in [2.75, 3.05) is 0 Å². The Morgan fingerprint density at radius 1 is 1.10 bits per heavy atom. The second kappa shape index (κ2) is 4.74. The summed E-state index contributed by atoms with van der Waals surface area (Å²) >= 11 is 0. The van der Waals surface area contributed by atoms with Crippen LogP contribution in [-0.4, -0.2) is 23.3 Å². The lowest BCUT2D eigenvalue weighted by Crippen LogP contribution is -2.41. The molecule has 1 aliphatic heterocycles. The Morgan fingerprint density at radius 3 is 2.05 bits per heavy atom. The lowest BCUT2D eigenvalue weighted by Gasteiger charge is -2.32. The van der Waals surface area contributed by atoms with Crippen molar-refractivity contribution in [2.45, 2.75) is 51.4 Å². The van der Waals surface area contributed by atoms with Gasteiger partial charge in [0.25, 0.3) is 0 Å². The lowest BCUT2D eigenvalue weighted by molar-refractivity contribution is -0.137. The van der Waals surface area contributed by atoms with E-state index in [4.69, 9.17) is 9.31 Å². The third-order valence-corrected chi connectivity index (χ3v) is 3.83. The largest absolute Gasteiger partial charge is 0.464 e. The first-order valence-electron chi connectivity index (χ1n) is 6.39. The van der Waals surface area contributed by atoms with Crippen molar-refractivity contribution in [3.8, 4) is 0 Å². The van der Waals surface area contributed by atoms with Gasteiger partial charge in [0.2, 0.25) is 0 Å². The molecule has 3 nitrogen and oxygen atoms in total. The van der Waals surface area contributed by atoms with Crippen LogP contribution < -0.4 is 0 Å². The van der Waals surface area contributed by atoms with Crippen molar-refractivity contribution >= 4 is 7.12 Å². The van der Waals surface area contributed by atoms with Gasteiger partial charge in [-0.15, -0.1) is 0 Å². The highest BCUT2D eigenvalue weighted by Crippen LogP contribution is 2.37. The Morgan fingerprint density at radius 2 is 1.65 bits per heavy atom. The molecule has 1 aromatic rings. The van der Waals surface area contributed by atoms with Crippen LogP contribution in [-0.2, 0) is 21.8 Å². The Kier molecular flexibility index (Phi) is 3.63. The molecule has 0 aliphatic carbocycles. The summed E-state index contributed by atoms with van der Waals surface area (Å²) in [6.07, 6.45) is -3.21. The van der Waals surface area contributed by atoms with Gasteiger partial charge in [0.1, 0.15) is 0 Å². The summed E-state index contributed by atoms with van der Waals surface area (Å²) in [5, 5.41) is 0. The molecule has 0 aromatic carbocycles. The van der Waals surface area contributed by atoms with Crippen molar-refractivity contribution in [1.82, 2.24) is 4.98 Å². The molecular weight excluding hydrogens is 270 g/mol. The molecule has 0 spiro atoms. The molecule has 20 heavy (non-hydrogen) atoms. The maximum Gasteiger partial charge on any atom is 0.464 e. The molecule has 0 unspecified atom stereocenters. The number of hydrogen-bond donors (Lipinski definition) is 0. The van der Waals surface area contributed by atoms with Crippen LogP contribution in [0, 0.1) is 0 Å². The van der Waals surface area contributed by atoms with Crippen LogP contribution in [0.2, 0.25) is 0 Å². The highest BCUT2D eigenvalue weighted by atomic mass is 19.4. The van der Waals surface area contributed by atoms with Gasteiger partial charge in [-0.3, -0.25) is 4.98 Å². The zero-order valence-corrected chi connectivity index (χ0v) is 11.9. The maximum atomic E-state index is 12.4. The van der Waals surface area contributed by atoms with Gasteiger partial charge >= 0.3 is 13.3 Å². The number of nitrogens with zero attached hydrogens (tertiary/aromatic N) is 1. The van der Waals surface area contributed by atoms with E-state index in [-0.39, 0.29) is 0 Å². The first kappa shape index (κ1) is 15.3. The van der Waals surface area contributed by atoms with Gasteiger partial charge in [-0.25, -0.2) is 0 Å². The van der Waals surface area contributed by atoms with Crippen LogP contribution in [0.25, 0.3) is 0 Å². The Hall–Kier alpha value is -1.08. The van der Waals surface area contributed by atoms with Crippen LogP contribution in [0.1, 0.15) is 39.0 Å². The minimum Gasteiger partial charge on any atom is -0.403 e. The Labute approximate surface area is 116 Å². The predicted molar refractivity (Wildman–Crippen MR) is 69.0 cm³/mol. The second-order valence-corrected chi connectivity index (χ2v) is 5.93. The number of rotatable bonds is 2. The summed E-state index contributed by atoms with van der Waals surface area (Å²) in [4.78, 5) is 3.82. The Bertz CT molecular complexity index is 469. The lowest BCUT2D eigenvalue weighted by atomic mass is 9.83. The molecule has 2 rings (SSSR count). The molecular formula is C13H17BF3NO2. The summed E-state index contributed by atoms with van der Waals surface area (Å²) < 4.78 is 48.9. The van der Waals surface area contributed by atoms with Crippen molar-refractivity contribution in [2.24, 2.45) is 0 Å². The van der Waals surface area contributed by atoms with Gasteiger partial charge in [0.05, 0.1) is 16.8 Å². The van der Waals surface area contributed by atoms with Crippen molar-refractivity contribution in [3.63, 3.8) is 0 Å². The number of alkyl halides is 3. The normalized spacial score (nSPS) is 21.2. The van der Waals surface area contributed by atoms with Crippen LogP contribution in [0.15, 0.2) is 18.3 Å². The minimum absolute atomic E-state index is 0.324. The summed E-state index contributed by atoms with van der Waals surface area (Å²) in [6, 6.07) is 2.38. The number of pyridine rings is 1. The van der Waals surface area contributed by atoms with E-state index >= 15 is 0 Å². The summed E-state index contributed by atoms with van der Waals surface area (Å²) in [6.45, 7) is 7.70. The number of halogens is 3. The molecule has 1 aromatic heterocycles. The summed E-state index contributed by atoms with van der Waals surface area (Å²) in [5.74, 6) is 0. The van der Waals surface area contributed by atoms with E-state index in [0.29, 0.717) is 12.0 Å². The van der Waals surface area contributed by atoms with E-state index in [1.165, 1.54) is 6.07 Å². The van der Waals surface area contributed by atoms with Gasteiger partial charge in [-0.1, -0.05) is 0 Å². The zero-order valence-electron chi connectivity index (χ0n) is 11.9. The minimum atomic E-state index is -4.37. The SMILES string of the molecule is CC1(C)OB(Cc2ccc(C(F)(F)F)cn2)OC1(C)C. The van der Waals surface area contributed by atoms with Crippen molar-refractivity contribution < 1.29 is 22.5 Å². The molecule has 7 heteroatoms. The molecule has 0 amide bonds. The van der Waals surface area contributed by atoms with Gasteiger partial charge in [-0.05, 0) is 39.8 Å². The maximum absolute atomic E-state index is 12.4. The zero-order chi connectivity index (χ0) is 15.2. The van der Waals surface area contributed by atoms with E-state index in [1.54, 1.807) is 0 Å². The molecule has 1 fully saturated rings. The molecule has 2 heterocycles.